The first-order valence-electron chi connectivity index (χ1n) is 22.7. The van der Waals surface area contributed by atoms with Gasteiger partial charge in [0, 0.05) is 31.7 Å². The van der Waals surface area contributed by atoms with Crippen LogP contribution >= 0.6 is 0 Å². The minimum absolute atomic E-state index is 0.268. The third-order valence-corrected chi connectivity index (χ3v) is 12.1. The van der Waals surface area contributed by atoms with Crippen molar-refractivity contribution in [1.82, 2.24) is 9.97 Å². The molecule has 0 atom stereocenters. The zero-order valence-electron chi connectivity index (χ0n) is 37.4. The Morgan fingerprint density at radius 3 is 1.81 bits per heavy atom. The molecule has 0 saturated carbocycles. The molecule has 11 nitrogen and oxygen atoms in total. The van der Waals surface area contributed by atoms with Gasteiger partial charge in [0.2, 0.25) is 0 Å². The number of benzene rings is 4. The van der Waals surface area contributed by atoms with Gasteiger partial charge in [-0.25, -0.2) is 9.97 Å². The summed E-state index contributed by atoms with van der Waals surface area (Å²) < 4.78 is 18.7. The van der Waals surface area contributed by atoms with Gasteiger partial charge in [-0.3, -0.25) is 9.59 Å². The molecule has 4 heterocycles. The largest absolute Gasteiger partial charge is 0.496 e. The fraction of sp³-hybridized carbons (Fsp3) is 0.321. The number of amides is 2. The highest BCUT2D eigenvalue weighted by Gasteiger charge is 2.23. The second-order valence-electron chi connectivity index (χ2n) is 16.6. The molecule has 4 aromatic carbocycles. The molecular formula is C53H58N6O5. The standard InChI is InChI=1S/C53H58N6O5/c1-5-63-42-17-14-16-38(31-42)43-33-45(53(61)57-41-23-25-50(55-35-41)59-28-12-8-9-13-29-59)48(30-37(43)3)64-47-19-15-18-46(62-4)51(47)44-32-39(21-20-36(44)2)52(60)56-40-22-24-49(54-34-40)58-26-10-6-7-11-27-58/h14-25,30-35H,5-13,26-29H2,1-4H3,(H,56,60)(H,57,61). The van der Waals surface area contributed by atoms with Crippen LogP contribution in [-0.4, -0.2) is 61.7 Å². The number of nitrogens with zero attached hydrogens (tertiary/aromatic N) is 4. The number of rotatable bonds is 13. The Hall–Kier alpha value is -6.88. The van der Waals surface area contributed by atoms with Crippen LogP contribution in [0, 0.1) is 13.8 Å². The predicted molar refractivity (Wildman–Crippen MR) is 257 cm³/mol. The van der Waals surface area contributed by atoms with Crippen LogP contribution in [0.3, 0.4) is 0 Å². The van der Waals surface area contributed by atoms with Crippen LogP contribution in [-0.2, 0) is 0 Å². The summed E-state index contributed by atoms with van der Waals surface area (Å²) in [5, 5.41) is 6.13. The number of hydrogen-bond acceptors (Lipinski definition) is 9. The van der Waals surface area contributed by atoms with Crippen LogP contribution in [0.1, 0.15) is 90.1 Å². The average Bonchev–Trinajstić information content (AvgIpc) is 3.77. The Morgan fingerprint density at radius 1 is 0.609 bits per heavy atom. The lowest BCUT2D eigenvalue weighted by molar-refractivity contribution is 0.101. The van der Waals surface area contributed by atoms with Crippen LogP contribution in [0.4, 0.5) is 23.0 Å². The second kappa shape index (κ2) is 20.5. The molecule has 2 aliphatic rings. The molecule has 2 N–H and O–H groups in total. The molecule has 0 spiro atoms. The lowest BCUT2D eigenvalue weighted by Gasteiger charge is -2.21. The van der Waals surface area contributed by atoms with E-state index in [4.69, 9.17) is 19.2 Å². The zero-order chi connectivity index (χ0) is 44.4. The lowest BCUT2D eigenvalue weighted by Crippen LogP contribution is -2.24. The Kier molecular flexibility index (Phi) is 14.0. The van der Waals surface area contributed by atoms with E-state index in [0.29, 0.717) is 51.9 Å². The maximum absolute atomic E-state index is 14.5. The summed E-state index contributed by atoms with van der Waals surface area (Å²) in [7, 11) is 1.61. The first-order chi connectivity index (χ1) is 31.3. The number of anilines is 4. The molecule has 2 saturated heterocycles. The third-order valence-electron chi connectivity index (χ3n) is 12.1. The van der Waals surface area contributed by atoms with E-state index in [0.717, 1.165) is 97.1 Å². The molecule has 2 amide bonds. The van der Waals surface area contributed by atoms with Crippen LogP contribution in [0.5, 0.6) is 23.0 Å². The molecule has 64 heavy (non-hydrogen) atoms. The van der Waals surface area contributed by atoms with Crippen molar-refractivity contribution in [1.29, 1.82) is 0 Å². The highest BCUT2D eigenvalue weighted by molar-refractivity contribution is 6.07. The molecule has 0 radical (unpaired) electrons. The van der Waals surface area contributed by atoms with Gasteiger partial charge in [-0.2, -0.15) is 0 Å². The summed E-state index contributed by atoms with van der Waals surface area (Å²) in [5.74, 6) is 3.32. The van der Waals surface area contributed by atoms with Crippen molar-refractivity contribution in [3.8, 4) is 45.3 Å². The summed E-state index contributed by atoms with van der Waals surface area (Å²) in [4.78, 5) is 42.4. The Morgan fingerprint density at radius 2 is 1.22 bits per heavy atom. The van der Waals surface area contributed by atoms with E-state index in [-0.39, 0.29) is 11.8 Å². The molecular weight excluding hydrogens is 801 g/mol. The number of carbonyl (C=O) groups excluding carboxylic acids is 2. The van der Waals surface area contributed by atoms with Crippen molar-refractivity contribution in [2.75, 3.05) is 60.3 Å². The Labute approximate surface area is 376 Å². The van der Waals surface area contributed by atoms with Crippen molar-refractivity contribution in [2.24, 2.45) is 0 Å². The fourth-order valence-electron chi connectivity index (χ4n) is 8.65. The zero-order valence-corrected chi connectivity index (χ0v) is 37.4. The van der Waals surface area contributed by atoms with Crippen molar-refractivity contribution in [3.63, 3.8) is 0 Å². The highest BCUT2D eigenvalue weighted by atomic mass is 16.5. The summed E-state index contributed by atoms with van der Waals surface area (Å²) >= 11 is 0. The van der Waals surface area contributed by atoms with Gasteiger partial charge in [-0.1, -0.05) is 49.9 Å². The highest BCUT2D eigenvalue weighted by Crippen LogP contribution is 2.44. The van der Waals surface area contributed by atoms with Crippen LogP contribution in [0.25, 0.3) is 22.3 Å². The van der Waals surface area contributed by atoms with Gasteiger partial charge in [-0.15, -0.1) is 0 Å². The van der Waals surface area contributed by atoms with E-state index in [1.165, 1.54) is 25.7 Å². The quantitative estimate of drug-likeness (QED) is 0.117. The normalized spacial score (nSPS) is 14.2. The van der Waals surface area contributed by atoms with E-state index < -0.39 is 0 Å². The first kappa shape index (κ1) is 43.8. The SMILES string of the molecule is CCOc1cccc(-c2cc(C(=O)Nc3ccc(N4CCCCCC4)nc3)c(Oc3cccc(OC)c3-c3cc(C(=O)Nc4ccc(N5CCCCCC5)nc4)ccc3C)cc2C)c1. The van der Waals surface area contributed by atoms with Crippen LogP contribution < -0.4 is 34.6 Å². The molecule has 2 fully saturated rings. The van der Waals surface area contributed by atoms with Gasteiger partial charge in [0.1, 0.15) is 34.6 Å². The van der Waals surface area contributed by atoms with Gasteiger partial charge < -0.3 is 34.6 Å². The maximum atomic E-state index is 14.5. The van der Waals surface area contributed by atoms with Gasteiger partial charge in [0.05, 0.1) is 48.6 Å². The van der Waals surface area contributed by atoms with E-state index in [2.05, 4.69) is 25.4 Å². The number of hydrogen-bond donors (Lipinski definition) is 2. The van der Waals surface area contributed by atoms with Gasteiger partial charge in [-0.05, 0) is 147 Å². The number of carbonyl (C=O) groups is 2. The molecule has 330 valence electrons. The molecule has 0 aliphatic carbocycles. The van der Waals surface area contributed by atoms with E-state index >= 15 is 0 Å². The van der Waals surface area contributed by atoms with Crippen LogP contribution in [0.15, 0.2) is 109 Å². The third kappa shape index (κ3) is 10.3. The summed E-state index contributed by atoms with van der Waals surface area (Å²) in [6, 6.07) is 30.5. The fourth-order valence-corrected chi connectivity index (χ4v) is 8.65. The number of aryl methyl sites for hydroxylation is 2. The van der Waals surface area contributed by atoms with E-state index in [9.17, 15) is 9.59 Å². The van der Waals surface area contributed by atoms with Crippen molar-refractivity contribution >= 4 is 34.8 Å². The van der Waals surface area contributed by atoms with Gasteiger partial charge in [0.25, 0.3) is 11.8 Å². The number of ether oxygens (including phenoxy) is 3. The topological polar surface area (TPSA) is 118 Å². The summed E-state index contributed by atoms with van der Waals surface area (Å²) in [5.41, 5.74) is 6.94. The molecule has 6 aromatic rings. The molecule has 0 unspecified atom stereocenters. The molecule has 2 aromatic heterocycles. The molecule has 8 rings (SSSR count). The van der Waals surface area contributed by atoms with Gasteiger partial charge >= 0.3 is 0 Å². The first-order valence-corrected chi connectivity index (χ1v) is 22.7. The predicted octanol–water partition coefficient (Wildman–Crippen LogP) is 11.9. The number of pyridine rings is 2. The summed E-state index contributed by atoms with van der Waals surface area (Å²) in [6.45, 7) is 10.4. The van der Waals surface area contributed by atoms with E-state index in [1.807, 2.05) is 118 Å². The monoisotopic (exact) mass is 858 g/mol. The minimum Gasteiger partial charge on any atom is -0.496 e. The molecule has 0 bridgehead atoms. The van der Waals surface area contributed by atoms with Crippen molar-refractivity contribution < 1.29 is 23.8 Å². The smallest absolute Gasteiger partial charge is 0.259 e. The number of aromatic nitrogens is 2. The Bertz CT molecular complexity index is 2560. The Balaban J connectivity index is 1.11. The molecule has 11 heteroatoms. The van der Waals surface area contributed by atoms with Crippen LogP contribution in [0.2, 0.25) is 0 Å². The maximum Gasteiger partial charge on any atom is 0.259 e. The average molecular weight is 859 g/mol. The van der Waals surface area contributed by atoms with Crippen molar-refractivity contribution in [3.05, 3.63) is 132 Å². The van der Waals surface area contributed by atoms with Gasteiger partial charge in [0.15, 0.2) is 0 Å². The number of methoxy groups -OCH3 is 1. The number of nitrogens with one attached hydrogen (secondary N) is 2. The molecule has 2 aliphatic heterocycles. The summed E-state index contributed by atoms with van der Waals surface area (Å²) in [6.07, 6.45) is 13.0. The van der Waals surface area contributed by atoms with E-state index in [1.54, 1.807) is 19.5 Å². The lowest BCUT2D eigenvalue weighted by atomic mass is 9.95. The van der Waals surface area contributed by atoms with Crippen molar-refractivity contribution in [2.45, 2.75) is 72.1 Å². The second-order valence-corrected chi connectivity index (χ2v) is 16.6. The minimum atomic E-state index is -0.352.